The Morgan fingerprint density at radius 2 is 1.95 bits per heavy atom. The van der Waals surface area contributed by atoms with Crippen molar-refractivity contribution in [3.05, 3.63) is 22.2 Å². The molecule has 1 aliphatic rings. The van der Waals surface area contributed by atoms with E-state index in [0.717, 1.165) is 12.5 Å². The molecule has 0 aromatic carbocycles. The van der Waals surface area contributed by atoms with Crippen LogP contribution >= 0.6 is 0 Å². The Labute approximate surface area is 119 Å². The van der Waals surface area contributed by atoms with E-state index in [4.69, 9.17) is 0 Å². The largest absolute Gasteiger partial charge is 0.373 e. The Kier molecular flexibility index (Phi) is 4.76. The van der Waals surface area contributed by atoms with Crippen molar-refractivity contribution in [2.45, 2.75) is 32.6 Å². The molecule has 0 radical (unpaired) electrons. The van der Waals surface area contributed by atoms with Crippen molar-refractivity contribution in [2.75, 3.05) is 24.2 Å². The highest BCUT2D eigenvalue weighted by molar-refractivity contribution is 5.54. The molecule has 6 nitrogen and oxygen atoms in total. The summed E-state index contributed by atoms with van der Waals surface area (Å²) in [6.45, 7) is 3.13. The molecular weight excluding hydrogens is 256 g/mol. The van der Waals surface area contributed by atoms with Gasteiger partial charge in [0.2, 0.25) is 0 Å². The maximum atomic E-state index is 10.9. The topological polar surface area (TPSA) is 80.1 Å². The van der Waals surface area contributed by atoms with Gasteiger partial charge in [-0.1, -0.05) is 19.8 Å². The first-order valence-corrected chi connectivity index (χ1v) is 7.16. The summed E-state index contributed by atoms with van der Waals surface area (Å²) in [5.74, 6) is 2.56. The van der Waals surface area contributed by atoms with E-state index in [1.165, 1.54) is 37.8 Å². The first-order valence-electron chi connectivity index (χ1n) is 7.16. The van der Waals surface area contributed by atoms with Crippen LogP contribution in [0.5, 0.6) is 0 Å². The van der Waals surface area contributed by atoms with Gasteiger partial charge in [-0.25, -0.2) is 4.98 Å². The van der Waals surface area contributed by atoms with Crippen molar-refractivity contribution < 1.29 is 4.92 Å². The van der Waals surface area contributed by atoms with E-state index in [0.29, 0.717) is 17.6 Å². The lowest BCUT2D eigenvalue weighted by Crippen LogP contribution is -2.20. The molecular formula is C14H22N4O2. The van der Waals surface area contributed by atoms with Gasteiger partial charge in [-0.05, 0) is 24.7 Å². The minimum Gasteiger partial charge on any atom is -0.373 e. The molecule has 1 aromatic heterocycles. The minimum atomic E-state index is -0.393. The summed E-state index contributed by atoms with van der Waals surface area (Å²) >= 11 is 0. The van der Waals surface area contributed by atoms with Gasteiger partial charge in [0.1, 0.15) is 11.6 Å². The van der Waals surface area contributed by atoms with Crippen molar-refractivity contribution in [3.63, 3.8) is 0 Å². The molecule has 0 unspecified atom stereocenters. The van der Waals surface area contributed by atoms with Crippen LogP contribution < -0.4 is 10.6 Å². The lowest BCUT2D eigenvalue weighted by molar-refractivity contribution is -0.384. The molecule has 0 spiro atoms. The maximum absolute atomic E-state index is 10.9. The summed E-state index contributed by atoms with van der Waals surface area (Å²) in [6.07, 6.45) is 5.00. The predicted octanol–water partition coefficient (Wildman–Crippen LogP) is 3.27. The summed E-state index contributed by atoms with van der Waals surface area (Å²) in [4.78, 5) is 14.8. The maximum Gasteiger partial charge on any atom is 0.276 e. The van der Waals surface area contributed by atoms with Gasteiger partial charge in [0.05, 0.1) is 17.1 Å². The molecule has 1 aliphatic carbocycles. The minimum absolute atomic E-state index is 0.0594. The van der Waals surface area contributed by atoms with Crippen molar-refractivity contribution >= 4 is 17.3 Å². The average molecular weight is 278 g/mol. The second-order valence-electron chi connectivity index (χ2n) is 5.61. The van der Waals surface area contributed by atoms with Gasteiger partial charge in [0, 0.05) is 13.6 Å². The van der Waals surface area contributed by atoms with E-state index in [2.05, 4.69) is 22.5 Å². The molecule has 0 atom stereocenters. The van der Waals surface area contributed by atoms with Crippen LogP contribution in [0, 0.1) is 22.0 Å². The summed E-state index contributed by atoms with van der Waals surface area (Å²) in [5, 5.41) is 17.0. The zero-order valence-corrected chi connectivity index (χ0v) is 12.1. The Bertz CT molecular complexity index is 470. The van der Waals surface area contributed by atoms with E-state index >= 15 is 0 Å². The number of aromatic nitrogens is 1. The van der Waals surface area contributed by atoms with Crippen LogP contribution in [-0.4, -0.2) is 23.5 Å². The first-order chi connectivity index (χ1) is 9.58. The van der Waals surface area contributed by atoms with Crippen LogP contribution in [0.3, 0.4) is 0 Å². The standard InChI is InChI=1S/C14H22N4O2/c1-10-3-5-11(6-4-10)9-16-14-8-12(18(19)20)7-13(15-2)17-14/h7-8,10-11H,3-6,9H2,1-2H3,(H2,15,16,17). The second kappa shape index (κ2) is 6.54. The number of rotatable bonds is 5. The van der Waals surface area contributed by atoms with Crippen LogP contribution in [-0.2, 0) is 0 Å². The number of pyridine rings is 1. The summed E-state index contributed by atoms with van der Waals surface area (Å²) in [5.41, 5.74) is 0.0594. The van der Waals surface area contributed by atoms with Crippen molar-refractivity contribution in [1.29, 1.82) is 0 Å². The molecule has 0 bridgehead atoms. The number of anilines is 2. The van der Waals surface area contributed by atoms with Gasteiger partial charge >= 0.3 is 0 Å². The van der Waals surface area contributed by atoms with Gasteiger partial charge in [0.15, 0.2) is 0 Å². The van der Waals surface area contributed by atoms with Gasteiger partial charge < -0.3 is 10.6 Å². The second-order valence-corrected chi connectivity index (χ2v) is 5.61. The number of hydrogen-bond acceptors (Lipinski definition) is 5. The molecule has 20 heavy (non-hydrogen) atoms. The Hall–Kier alpha value is -1.85. The molecule has 2 rings (SSSR count). The fourth-order valence-electron chi connectivity index (χ4n) is 2.62. The monoisotopic (exact) mass is 278 g/mol. The summed E-state index contributed by atoms with van der Waals surface area (Å²) in [7, 11) is 1.71. The molecule has 6 heteroatoms. The number of hydrogen-bond donors (Lipinski definition) is 2. The summed E-state index contributed by atoms with van der Waals surface area (Å²) in [6, 6.07) is 2.93. The van der Waals surface area contributed by atoms with Crippen LogP contribution in [0.2, 0.25) is 0 Å². The van der Waals surface area contributed by atoms with Crippen molar-refractivity contribution in [3.8, 4) is 0 Å². The lowest BCUT2D eigenvalue weighted by atomic mass is 9.83. The molecule has 0 amide bonds. The molecule has 1 aromatic rings. The predicted molar refractivity (Wildman–Crippen MR) is 80.0 cm³/mol. The highest BCUT2D eigenvalue weighted by Gasteiger charge is 2.18. The Balaban J connectivity index is 1.98. The number of nitro groups is 1. The SMILES string of the molecule is CNc1cc([N+](=O)[O-])cc(NCC2CCC(C)CC2)n1. The van der Waals surface area contributed by atoms with E-state index < -0.39 is 4.92 Å². The lowest BCUT2D eigenvalue weighted by Gasteiger charge is -2.26. The van der Waals surface area contributed by atoms with Gasteiger partial charge in [-0.3, -0.25) is 10.1 Å². The molecule has 1 saturated carbocycles. The molecule has 1 heterocycles. The molecule has 110 valence electrons. The number of nitrogens with zero attached hydrogens (tertiary/aromatic N) is 2. The molecule has 1 fully saturated rings. The third-order valence-electron chi connectivity index (χ3n) is 3.98. The highest BCUT2D eigenvalue weighted by atomic mass is 16.6. The van der Waals surface area contributed by atoms with Crippen LogP contribution in [0.25, 0.3) is 0 Å². The van der Waals surface area contributed by atoms with E-state index in [-0.39, 0.29) is 5.69 Å². The molecule has 0 aliphatic heterocycles. The highest BCUT2D eigenvalue weighted by Crippen LogP contribution is 2.28. The van der Waals surface area contributed by atoms with Crippen LogP contribution in [0.15, 0.2) is 12.1 Å². The fourth-order valence-corrected chi connectivity index (χ4v) is 2.62. The van der Waals surface area contributed by atoms with Gasteiger partial charge in [-0.15, -0.1) is 0 Å². The van der Waals surface area contributed by atoms with E-state index in [9.17, 15) is 10.1 Å². The molecule has 0 saturated heterocycles. The third kappa shape index (κ3) is 3.82. The first kappa shape index (κ1) is 14.6. The summed E-state index contributed by atoms with van der Waals surface area (Å²) < 4.78 is 0. The van der Waals surface area contributed by atoms with Gasteiger partial charge in [0.25, 0.3) is 5.69 Å². The Morgan fingerprint density at radius 1 is 1.30 bits per heavy atom. The smallest absolute Gasteiger partial charge is 0.276 e. The quantitative estimate of drug-likeness (QED) is 0.638. The van der Waals surface area contributed by atoms with E-state index in [1.54, 1.807) is 7.05 Å². The van der Waals surface area contributed by atoms with Crippen molar-refractivity contribution in [1.82, 2.24) is 4.98 Å². The molecule has 2 N–H and O–H groups in total. The van der Waals surface area contributed by atoms with Crippen molar-refractivity contribution in [2.24, 2.45) is 11.8 Å². The number of nitrogens with one attached hydrogen (secondary N) is 2. The third-order valence-corrected chi connectivity index (χ3v) is 3.98. The zero-order valence-electron chi connectivity index (χ0n) is 12.1. The Morgan fingerprint density at radius 3 is 2.55 bits per heavy atom. The fraction of sp³-hybridized carbons (Fsp3) is 0.643. The van der Waals surface area contributed by atoms with Gasteiger partial charge in [-0.2, -0.15) is 0 Å². The van der Waals surface area contributed by atoms with E-state index in [1.807, 2.05) is 0 Å². The zero-order chi connectivity index (χ0) is 14.5. The van der Waals surface area contributed by atoms with Crippen LogP contribution in [0.4, 0.5) is 17.3 Å². The normalized spacial score (nSPS) is 22.3. The van der Waals surface area contributed by atoms with Crippen LogP contribution in [0.1, 0.15) is 32.6 Å². The average Bonchev–Trinajstić information content (AvgIpc) is 2.46.